The molecule has 94 valence electrons. The number of rotatable bonds is 6. The molecule has 6 heteroatoms. The molecule has 17 heavy (non-hydrogen) atoms. The van der Waals surface area contributed by atoms with E-state index in [-0.39, 0.29) is 18.4 Å². The number of amides is 2. The predicted octanol–water partition coefficient (Wildman–Crippen LogP) is 0.156. The normalized spacial score (nSPS) is 10.0. The summed E-state index contributed by atoms with van der Waals surface area (Å²) in [6, 6.07) is 3.57. The van der Waals surface area contributed by atoms with Crippen molar-refractivity contribution >= 4 is 23.2 Å². The molecule has 0 fully saturated rings. The highest BCUT2D eigenvalue weighted by Gasteiger charge is 2.15. The lowest BCUT2D eigenvalue weighted by molar-refractivity contribution is -0.121. The molecule has 0 aliphatic carbocycles. The quantitative estimate of drug-likeness (QED) is 0.712. The van der Waals surface area contributed by atoms with Crippen molar-refractivity contribution in [1.82, 2.24) is 15.5 Å². The molecular weight excluding hydrogens is 238 g/mol. The van der Waals surface area contributed by atoms with E-state index < -0.39 is 0 Å². The summed E-state index contributed by atoms with van der Waals surface area (Å²) in [4.78, 5) is 25.4. The molecule has 1 heterocycles. The molecule has 1 rings (SSSR count). The van der Waals surface area contributed by atoms with Crippen LogP contribution in [0.3, 0.4) is 0 Å². The van der Waals surface area contributed by atoms with Crippen LogP contribution in [0.5, 0.6) is 0 Å². The van der Waals surface area contributed by atoms with Gasteiger partial charge in [0.1, 0.15) is 0 Å². The summed E-state index contributed by atoms with van der Waals surface area (Å²) in [5, 5.41) is 7.49. The maximum absolute atomic E-state index is 11.8. The Balaban J connectivity index is 2.36. The van der Waals surface area contributed by atoms with Crippen molar-refractivity contribution in [2.75, 3.05) is 33.7 Å². The molecule has 0 aliphatic rings. The molecule has 0 aliphatic heterocycles. The predicted molar refractivity (Wildman–Crippen MR) is 68.2 cm³/mol. The van der Waals surface area contributed by atoms with E-state index >= 15 is 0 Å². The summed E-state index contributed by atoms with van der Waals surface area (Å²) in [6.07, 6.45) is 0. The van der Waals surface area contributed by atoms with Crippen LogP contribution in [0.1, 0.15) is 9.67 Å². The third-order valence-electron chi connectivity index (χ3n) is 2.16. The van der Waals surface area contributed by atoms with Gasteiger partial charge in [-0.3, -0.25) is 9.59 Å². The van der Waals surface area contributed by atoms with Crippen LogP contribution in [0.15, 0.2) is 17.5 Å². The van der Waals surface area contributed by atoms with Gasteiger partial charge in [-0.1, -0.05) is 6.07 Å². The Morgan fingerprint density at radius 3 is 2.76 bits per heavy atom. The number of carbonyl (C=O) groups is 2. The second-order valence-corrected chi connectivity index (χ2v) is 4.54. The van der Waals surface area contributed by atoms with Crippen molar-refractivity contribution in [3.05, 3.63) is 22.4 Å². The minimum Gasteiger partial charge on any atom is -0.353 e. The van der Waals surface area contributed by atoms with E-state index in [0.717, 1.165) is 0 Å². The van der Waals surface area contributed by atoms with Gasteiger partial charge in [0.2, 0.25) is 5.91 Å². The third-order valence-corrected chi connectivity index (χ3v) is 3.01. The molecule has 0 radical (unpaired) electrons. The van der Waals surface area contributed by atoms with Crippen LogP contribution in [0, 0.1) is 0 Å². The summed E-state index contributed by atoms with van der Waals surface area (Å²) in [7, 11) is 3.44. The van der Waals surface area contributed by atoms with Crippen LogP contribution in [0.2, 0.25) is 0 Å². The van der Waals surface area contributed by atoms with E-state index in [0.29, 0.717) is 18.0 Å². The van der Waals surface area contributed by atoms with Gasteiger partial charge in [0.15, 0.2) is 0 Å². The summed E-state index contributed by atoms with van der Waals surface area (Å²) < 4.78 is 0. The van der Waals surface area contributed by atoms with Gasteiger partial charge < -0.3 is 15.5 Å². The summed E-state index contributed by atoms with van der Waals surface area (Å²) >= 11 is 1.38. The van der Waals surface area contributed by atoms with Crippen LogP contribution in [0.25, 0.3) is 0 Å². The van der Waals surface area contributed by atoms with Crippen LogP contribution in [-0.4, -0.2) is 50.4 Å². The van der Waals surface area contributed by atoms with Gasteiger partial charge >= 0.3 is 0 Å². The van der Waals surface area contributed by atoms with Crippen LogP contribution in [-0.2, 0) is 4.79 Å². The van der Waals surface area contributed by atoms with E-state index in [4.69, 9.17) is 0 Å². The van der Waals surface area contributed by atoms with Crippen molar-refractivity contribution in [3.8, 4) is 0 Å². The first-order chi connectivity index (χ1) is 8.15. The fourth-order valence-electron chi connectivity index (χ4n) is 1.26. The highest BCUT2D eigenvalue weighted by molar-refractivity contribution is 7.12. The molecule has 2 amide bonds. The zero-order chi connectivity index (χ0) is 12.7. The number of hydrogen-bond donors (Lipinski definition) is 2. The Kier molecular flexibility index (Phi) is 5.65. The smallest absolute Gasteiger partial charge is 0.264 e. The lowest BCUT2D eigenvalue weighted by Crippen LogP contribution is -2.40. The molecule has 0 aromatic carbocycles. The Morgan fingerprint density at radius 1 is 1.41 bits per heavy atom. The standard InChI is InChI=1S/C11H17N3O2S/c1-12-5-6-13-10(15)8-14(2)11(16)9-4-3-7-17-9/h3-4,7,12H,5-6,8H2,1-2H3,(H,13,15). The zero-order valence-electron chi connectivity index (χ0n) is 10.0. The Labute approximate surface area is 105 Å². The number of nitrogens with zero attached hydrogens (tertiary/aromatic N) is 1. The Hall–Kier alpha value is -1.40. The fraction of sp³-hybridized carbons (Fsp3) is 0.455. The third kappa shape index (κ3) is 4.54. The molecule has 2 N–H and O–H groups in total. The minimum atomic E-state index is -0.146. The first-order valence-corrected chi connectivity index (χ1v) is 6.23. The fourth-order valence-corrected chi connectivity index (χ4v) is 1.98. The van der Waals surface area contributed by atoms with Gasteiger partial charge in [0.25, 0.3) is 5.91 Å². The van der Waals surface area contributed by atoms with Crippen LogP contribution < -0.4 is 10.6 Å². The summed E-state index contributed by atoms with van der Waals surface area (Å²) in [5.41, 5.74) is 0. The molecule has 1 aromatic heterocycles. The number of hydrogen-bond acceptors (Lipinski definition) is 4. The van der Waals surface area contributed by atoms with Crippen molar-refractivity contribution < 1.29 is 9.59 Å². The number of thiophene rings is 1. The van der Waals surface area contributed by atoms with Crippen molar-refractivity contribution in [1.29, 1.82) is 0 Å². The lowest BCUT2D eigenvalue weighted by atomic mass is 10.4. The molecule has 0 unspecified atom stereocenters. The Bertz CT molecular complexity index is 365. The highest BCUT2D eigenvalue weighted by Crippen LogP contribution is 2.10. The van der Waals surface area contributed by atoms with Gasteiger partial charge in [-0.05, 0) is 18.5 Å². The average Bonchev–Trinajstić information content (AvgIpc) is 2.81. The van der Waals surface area contributed by atoms with Gasteiger partial charge in [-0.25, -0.2) is 0 Å². The average molecular weight is 255 g/mol. The molecule has 5 nitrogen and oxygen atoms in total. The highest BCUT2D eigenvalue weighted by atomic mass is 32.1. The summed E-state index contributed by atoms with van der Waals surface area (Å²) in [6.45, 7) is 1.37. The van der Waals surface area contributed by atoms with Crippen LogP contribution in [0.4, 0.5) is 0 Å². The summed E-state index contributed by atoms with van der Waals surface area (Å²) in [5.74, 6) is -0.267. The maximum atomic E-state index is 11.8. The van der Waals surface area contributed by atoms with E-state index in [1.54, 1.807) is 13.1 Å². The lowest BCUT2D eigenvalue weighted by Gasteiger charge is -2.15. The molecule has 0 saturated carbocycles. The number of likely N-dealkylation sites (N-methyl/N-ethyl adjacent to an activating group) is 2. The molecule has 0 saturated heterocycles. The molecule has 0 atom stereocenters. The van der Waals surface area contributed by atoms with E-state index in [2.05, 4.69) is 10.6 Å². The van der Waals surface area contributed by atoms with E-state index in [1.807, 2.05) is 18.5 Å². The maximum Gasteiger partial charge on any atom is 0.264 e. The minimum absolute atomic E-state index is 0.0838. The van der Waals surface area contributed by atoms with Gasteiger partial charge in [0.05, 0.1) is 11.4 Å². The SMILES string of the molecule is CNCCNC(=O)CN(C)C(=O)c1cccs1. The first-order valence-electron chi connectivity index (χ1n) is 5.35. The number of carbonyl (C=O) groups excluding carboxylic acids is 2. The van der Waals surface area contributed by atoms with E-state index in [1.165, 1.54) is 16.2 Å². The molecule has 1 aromatic rings. The molecular formula is C11H17N3O2S. The second-order valence-electron chi connectivity index (χ2n) is 3.59. The largest absolute Gasteiger partial charge is 0.353 e. The van der Waals surface area contributed by atoms with Gasteiger partial charge in [-0.2, -0.15) is 0 Å². The monoisotopic (exact) mass is 255 g/mol. The molecule has 0 spiro atoms. The van der Waals surface area contributed by atoms with Gasteiger partial charge in [0, 0.05) is 20.1 Å². The number of nitrogens with one attached hydrogen (secondary N) is 2. The topological polar surface area (TPSA) is 61.4 Å². The zero-order valence-corrected chi connectivity index (χ0v) is 10.8. The Morgan fingerprint density at radius 2 is 2.18 bits per heavy atom. The van der Waals surface area contributed by atoms with Crippen LogP contribution >= 0.6 is 11.3 Å². The van der Waals surface area contributed by atoms with Crippen molar-refractivity contribution in [3.63, 3.8) is 0 Å². The van der Waals surface area contributed by atoms with E-state index in [9.17, 15) is 9.59 Å². The molecule has 0 bridgehead atoms. The second kappa shape index (κ2) is 7.03. The first kappa shape index (κ1) is 13.7. The van der Waals surface area contributed by atoms with Crippen molar-refractivity contribution in [2.24, 2.45) is 0 Å². The van der Waals surface area contributed by atoms with Crippen molar-refractivity contribution in [2.45, 2.75) is 0 Å². The van der Waals surface area contributed by atoms with Gasteiger partial charge in [-0.15, -0.1) is 11.3 Å².